The van der Waals surface area contributed by atoms with Crippen molar-refractivity contribution in [3.63, 3.8) is 0 Å². The molecule has 1 unspecified atom stereocenters. The van der Waals surface area contributed by atoms with E-state index in [1.807, 2.05) is 5.32 Å². The molecule has 2 N–H and O–H groups in total. The van der Waals surface area contributed by atoms with E-state index in [-0.39, 0.29) is 6.42 Å². The molecule has 0 saturated heterocycles. The number of amides is 2. The molecule has 0 heterocycles. The number of carboxylic acid groups (broad SMARTS) is 1. The second-order valence-corrected chi connectivity index (χ2v) is 3.54. The van der Waals surface area contributed by atoms with E-state index >= 15 is 0 Å². The number of nitrogens with zero attached hydrogens (tertiary/aromatic N) is 1. The summed E-state index contributed by atoms with van der Waals surface area (Å²) >= 11 is 0. The van der Waals surface area contributed by atoms with Crippen LogP contribution < -0.4 is 5.32 Å². The predicted molar refractivity (Wildman–Crippen MR) is 56.7 cm³/mol. The van der Waals surface area contributed by atoms with Crippen molar-refractivity contribution in [3.8, 4) is 12.3 Å². The number of carbonyl (C=O) groups excluding carboxylic acids is 1. The van der Waals surface area contributed by atoms with Crippen LogP contribution in [0.2, 0.25) is 0 Å². The average Bonchev–Trinajstić information content (AvgIpc) is 2.23. The summed E-state index contributed by atoms with van der Waals surface area (Å²) in [5.74, 6) is 0.713. The summed E-state index contributed by atoms with van der Waals surface area (Å²) in [6.07, 6.45) is -0.872. The van der Waals surface area contributed by atoms with Crippen molar-refractivity contribution in [2.45, 2.75) is 25.1 Å². The van der Waals surface area contributed by atoms with E-state index in [2.05, 4.69) is 5.92 Å². The highest BCUT2D eigenvalue weighted by atomic mass is 19.4. The van der Waals surface area contributed by atoms with Gasteiger partial charge >= 0.3 is 18.2 Å². The minimum Gasteiger partial charge on any atom is -0.480 e. The summed E-state index contributed by atoms with van der Waals surface area (Å²) < 4.78 is 35.7. The maximum atomic E-state index is 11.9. The third-order valence-corrected chi connectivity index (χ3v) is 2.00. The first-order valence-corrected chi connectivity index (χ1v) is 4.92. The normalized spacial score (nSPS) is 12.4. The predicted octanol–water partition coefficient (Wildman–Crippen LogP) is 1.06. The van der Waals surface area contributed by atoms with Crippen LogP contribution in [-0.2, 0) is 4.79 Å². The molecule has 0 aromatic heterocycles. The highest BCUT2D eigenvalue weighted by molar-refractivity contribution is 5.82. The van der Waals surface area contributed by atoms with Gasteiger partial charge in [0.05, 0.1) is 6.42 Å². The third kappa shape index (κ3) is 6.62. The average molecular weight is 266 g/mol. The molecule has 8 heteroatoms. The molecule has 0 aromatic rings. The van der Waals surface area contributed by atoms with Gasteiger partial charge in [0.2, 0.25) is 0 Å². The fraction of sp³-hybridized carbons (Fsp3) is 0.600. The number of urea groups is 1. The van der Waals surface area contributed by atoms with E-state index in [0.717, 1.165) is 11.9 Å². The quantitative estimate of drug-likeness (QED) is 0.731. The number of hydrogen-bond donors (Lipinski definition) is 2. The van der Waals surface area contributed by atoms with Crippen molar-refractivity contribution in [3.05, 3.63) is 0 Å². The highest BCUT2D eigenvalue weighted by Gasteiger charge is 2.28. The summed E-state index contributed by atoms with van der Waals surface area (Å²) in [6, 6.07) is -2.22. The van der Waals surface area contributed by atoms with Crippen molar-refractivity contribution in [2.24, 2.45) is 0 Å². The molecule has 0 aromatic carbocycles. The van der Waals surface area contributed by atoms with E-state index in [1.54, 1.807) is 0 Å². The Hall–Kier alpha value is -1.91. The lowest BCUT2D eigenvalue weighted by atomic mass is 10.2. The molecule has 0 rings (SSSR count). The fourth-order valence-electron chi connectivity index (χ4n) is 0.973. The molecule has 102 valence electrons. The first-order chi connectivity index (χ1) is 8.17. The molecular weight excluding hydrogens is 253 g/mol. The van der Waals surface area contributed by atoms with Crippen LogP contribution >= 0.6 is 0 Å². The summed E-state index contributed by atoms with van der Waals surface area (Å²) in [5, 5.41) is 10.7. The Balaban J connectivity index is 4.30. The molecule has 0 spiro atoms. The van der Waals surface area contributed by atoms with Gasteiger partial charge in [-0.25, -0.2) is 9.59 Å². The van der Waals surface area contributed by atoms with E-state index in [9.17, 15) is 22.8 Å². The minimum atomic E-state index is -4.38. The van der Waals surface area contributed by atoms with Crippen molar-refractivity contribution in [2.75, 3.05) is 13.6 Å². The molecule has 0 aliphatic rings. The number of terminal acetylenes is 1. The Morgan fingerprint density at radius 3 is 2.44 bits per heavy atom. The summed E-state index contributed by atoms with van der Waals surface area (Å²) in [6.45, 7) is -0.558. The molecule has 0 radical (unpaired) electrons. The van der Waals surface area contributed by atoms with Crippen LogP contribution in [0.5, 0.6) is 0 Å². The van der Waals surface area contributed by atoms with E-state index in [4.69, 9.17) is 11.5 Å². The van der Waals surface area contributed by atoms with Gasteiger partial charge in [-0.15, -0.1) is 12.3 Å². The van der Waals surface area contributed by atoms with E-state index in [0.29, 0.717) is 0 Å². The zero-order chi connectivity index (χ0) is 14.3. The molecule has 5 nitrogen and oxygen atoms in total. The Bertz CT molecular complexity index is 349. The Kier molecular flexibility index (Phi) is 6.02. The van der Waals surface area contributed by atoms with Crippen LogP contribution in [0.15, 0.2) is 0 Å². The molecular formula is C10H13F3N2O3. The number of nitrogens with one attached hydrogen (secondary N) is 1. The topological polar surface area (TPSA) is 69.6 Å². The standard InChI is InChI=1S/C10H13F3N2O3/c1-3-4-7(8(16)17)14-9(18)15(2)6-5-10(11,12)13/h1,7H,4-6H2,2H3,(H,14,18)(H,16,17). The monoisotopic (exact) mass is 266 g/mol. The number of carbonyl (C=O) groups is 2. The van der Waals surface area contributed by atoms with Crippen LogP contribution in [0.4, 0.5) is 18.0 Å². The number of halogens is 3. The SMILES string of the molecule is C#CCC(NC(=O)N(C)CCC(F)(F)F)C(=O)O. The van der Waals surface area contributed by atoms with Crippen LogP contribution in [0.1, 0.15) is 12.8 Å². The van der Waals surface area contributed by atoms with Crippen LogP contribution in [-0.4, -0.2) is 47.8 Å². The van der Waals surface area contributed by atoms with E-state index in [1.165, 1.54) is 0 Å². The van der Waals surface area contributed by atoms with Gasteiger partial charge in [-0.1, -0.05) is 0 Å². The zero-order valence-electron chi connectivity index (χ0n) is 9.62. The maximum absolute atomic E-state index is 11.9. The molecule has 0 fully saturated rings. The number of hydrogen-bond acceptors (Lipinski definition) is 2. The van der Waals surface area contributed by atoms with Gasteiger partial charge < -0.3 is 15.3 Å². The first kappa shape index (κ1) is 16.1. The van der Waals surface area contributed by atoms with Gasteiger partial charge in [0.1, 0.15) is 6.04 Å². The van der Waals surface area contributed by atoms with Gasteiger partial charge in [-0.3, -0.25) is 0 Å². The van der Waals surface area contributed by atoms with Crippen molar-refractivity contribution in [1.82, 2.24) is 10.2 Å². The van der Waals surface area contributed by atoms with Gasteiger partial charge in [0, 0.05) is 20.0 Å². The first-order valence-electron chi connectivity index (χ1n) is 4.92. The summed E-state index contributed by atoms with van der Waals surface area (Å²) in [4.78, 5) is 22.8. The molecule has 0 saturated carbocycles. The Morgan fingerprint density at radius 1 is 1.50 bits per heavy atom. The lowest BCUT2D eigenvalue weighted by Gasteiger charge is -2.21. The third-order valence-electron chi connectivity index (χ3n) is 2.00. The van der Waals surface area contributed by atoms with Gasteiger partial charge in [0.25, 0.3) is 0 Å². The number of rotatable bonds is 5. The Labute approximate surface area is 102 Å². The van der Waals surface area contributed by atoms with Crippen molar-refractivity contribution < 1.29 is 27.9 Å². The van der Waals surface area contributed by atoms with Crippen LogP contribution in [0.3, 0.4) is 0 Å². The highest BCUT2D eigenvalue weighted by Crippen LogP contribution is 2.19. The summed E-state index contributed by atoms with van der Waals surface area (Å²) in [7, 11) is 1.13. The molecule has 1 atom stereocenters. The van der Waals surface area contributed by atoms with Crippen LogP contribution in [0.25, 0.3) is 0 Å². The second-order valence-electron chi connectivity index (χ2n) is 3.54. The van der Waals surface area contributed by atoms with Gasteiger partial charge in [0.15, 0.2) is 0 Å². The molecule has 0 aliphatic heterocycles. The van der Waals surface area contributed by atoms with Crippen molar-refractivity contribution in [1.29, 1.82) is 0 Å². The largest absolute Gasteiger partial charge is 0.480 e. The zero-order valence-corrected chi connectivity index (χ0v) is 9.62. The maximum Gasteiger partial charge on any atom is 0.390 e. The summed E-state index contributed by atoms with van der Waals surface area (Å²) in [5.41, 5.74) is 0. The lowest BCUT2D eigenvalue weighted by Crippen LogP contribution is -2.47. The van der Waals surface area contributed by atoms with Gasteiger partial charge in [-0.05, 0) is 0 Å². The fourth-order valence-corrected chi connectivity index (χ4v) is 0.973. The Morgan fingerprint density at radius 2 is 2.06 bits per heavy atom. The van der Waals surface area contributed by atoms with E-state index < -0.39 is 37.2 Å². The molecule has 0 aliphatic carbocycles. The molecule has 0 bridgehead atoms. The van der Waals surface area contributed by atoms with Crippen molar-refractivity contribution >= 4 is 12.0 Å². The number of aliphatic carboxylic acids is 1. The molecule has 18 heavy (non-hydrogen) atoms. The van der Waals surface area contributed by atoms with Gasteiger partial charge in [-0.2, -0.15) is 13.2 Å². The molecule has 2 amide bonds. The van der Waals surface area contributed by atoms with Crippen LogP contribution in [0, 0.1) is 12.3 Å². The smallest absolute Gasteiger partial charge is 0.390 e. The number of alkyl halides is 3. The lowest BCUT2D eigenvalue weighted by molar-refractivity contribution is -0.140. The second kappa shape index (κ2) is 6.74. The number of carboxylic acids is 1. The minimum absolute atomic E-state index is 0.242.